The number of aryl methyl sites for hydroxylation is 1. The monoisotopic (exact) mass is 515 g/mol. The third-order valence-corrected chi connectivity index (χ3v) is 7.15. The number of piperazine rings is 1. The molecule has 6 nitrogen and oxygen atoms in total. The molecule has 3 heterocycles. The van der Waals surface area contributed by atoms with Crippen LogP contribution >= 0.6 is 11.6 Å². The van der Waals surface area contributed by atoms with Gasteiger partial charge in [0, 0.05) is 36.6 Å². The fourth-order valence-electron chi connectivity index (χ4n) is 4.98. The van der Waals surface area contributed by atoms with Crippen LogP contribution in [0.1, 0.15) is 12.5 Å². The summed E-state index contributed by atoms with van der Waals surface area (Å²) in [7, 11) is 0. The molecule has 0 bridgehead atoms. The van der Waals surface area contributed by atoms with E-state index in [4.69, 9.17) is 27.3 Å². The van der Waals surface area contributed by atoms with Gasteiger partial charge in [0.1, 0.15) is 17.5 Å². The van der Waals surface area contributed by atoms with E-state index in [0.717, 1.165) is 11.1 Å². The molecule has 1 aliphatic heterocycles. The maximum Gasteiger partial charge on any atom is 0.246 e. The third kappa shape index (κ3) is 4.40. The van der Waals surface area contributed by atoms with Gasteiger partial charge in [0.25, 0.3) is 0 Å². The number of halogens is 2. The SMILES string of the molecule is C=CC(=O)N1CCN(c2nc(N)c(-c3ccccc3C)c3nc(-c4ccccc4F)c(Cl)cc23)[C@@H](C)C1. The van der Waals surface area contributed by atoms with E-state index in [1.165, 1.54) is 12.1 Å². The van der Waals surface area contributed by atoms with Gasteiger partial charge in [0.2, 0.25) is 5.91 Å². The number of fused-ring (bicyclic) bond motifs is 1. The summed E-state index contributed by atoms with van der Waals surface area (Å²) in [5.41, 5.74) is 10.5. The number of amides is 1. The van der Waals surface area contributed by atoms with Gasteiger partial charge in [-0.2, -0.15) is 0 Å². The molecule has 1 saturated heterocycles. The van der Waals surface area contributed by atoms with E-state index >= 15 is 0 Å². The fraction of sp³-hybridized carbons (Fsp3) is 0.207. The van der Waals surface area contributed by atoms with E-state index in [9.17, 15) is 9.18 Å². The molecule has 2 N–H and O–H groups in total. The Bertz CT molecular complexity index is 1540. The molecule has 1 amide bonds. The summed E-state index contributed by atoms with van der Waals surface area (Å²) < 4.78 is 14.8. The molecule has 0 unspecified atom stereocenters. The quantitative estimate of drug-likeness (QED) is 0.344. The van der Waals surface area contributed by atoms with Crippen molar-refractivity contribution in [3.05, 3.63) is 83.7 Å². The lowest BCUT2D eigenvalue weighted by Gasteiger charge is -2.40. The van der Waals surface area contributed by atoms with Crippen molar-refractivity contribution < 1.29 is 9.18 Å². The third-order valence-electron chi connectivity index (χ3n) is 6.87. The Labute approximate surface area is 220 Å². The number of nitrogens with zero attached hydrogens (tertiary/aromatic N) is 4. The number of carbonyl (C=O) groups excluding carboxylic acids is 1. The van der Waals surface area contributed by atoms with Crippen molar-refractivity contribution in [2.75, 3.05) is 30.3 Å². The molecule has 2 aromatic heterocycles. The smallest absolute Gasteiger partial charge is 0.246 e. The number of anilines is 2. The summed E-state index contributed by atoms with van der Waals surface area (Å²) in [5, 5.41) is 1.03. The van der Waals surface area contributed by atoms with Crippen molar-refractivity contribution >= 4 is 40.0 Å². The van der Waals surface area contributed by atoms with Crippen molar-refractivity contribution in [3.63, 3.8) is 0 Å². The van der Waals surface area contributed by atoms with E-state index < -0.39 is 5.82 Å². The summed E-state index contributed by atoms with van der Waals surface area (Å²) in [4.78, 5) is 25.9. The van der Waals surface area contributed by atoms with Gasteiger partial charge in [-0.25, -0.2) is 14.4 Å². The van der Waals surface area contributed by atoms with E-state index in [1.807, 2.05) is 38.1 Å². The molecular formula is C29H27ClFN5O. The summed E-state index contributed by atoms with van der Waals surface area (Å²) in [6.45, 7) is 9.22. The number of aromatic nitrogens is 2. The Morgan fingerprint density at radius 1 is 1.14 bits per heavy atom. The van der Waals surface area contributed by atoms with Crippen LogP contribution in [0.3, 0.4) is 0 Å². The molecule has 188 valence electrons. The molecule has 1 aliphatic rings. The predicted molar refractivity (Wildman–Crippen MR) is 148 cm³/mol. The second-order valence-corrected chi connectivity index (χ2v) is 9.64. The average Bonchev–Trinajstić information content (AvgIpc) is 2.89. The number of carbonyl (C=O) groups is 1. The Morgan fingerprint density at radius 3 is 2.51 bits per heavy atom. The van der Waals surface area contributed by atoms with Crippen LogP contribution in [0, 0.1) is 12.7 Å². The molecule has 0 saturated carbocycles. The molecule has 1 atom stereocenters. The topological polar surface area (TPSA) is 75.4 Å². The van der Waals surface area contributed by atoms with Gasteiger partial charge < -0.3 is 15.5 Å². The highest BCUT2D eigenvalue weighted by Gasteiger charge is 2.30. The first-order chi connectivity index (χ1) is 17.8. The molecule has 1 fully saturated rings. The molecule has 8 heteroatoms. The van der Waals surface area contributed by atoms with E-state index in [-0.39, 0.29) is 11.9 Å². The summed E-state index contributed by atoms with van der Waals surface area (Å²) in [5.74, 6) is 0.450. The molecule has 2 aromatic carbocycles. The zero-order chi connectivity index (χ0) is 26.3. The molecule has 5 rings (SSSR count). The van der Waals surface area contributed by atoms with Gasteiger partial charge in [0.05, 0.1) is 21.8 Å². The lowest BCUT2D eigenvalue weighted by atomic mass is 9.97. The highest BCUT2D eigenvalue weighted by atomic mass is 35.5. The standard InChI is InChI=1S/C29H27ClFN5O/c1-4-24(37)35-13-14-36(18(3)16-35)29-21-15-22(30)26(20-11-7-8-12-23(20)31)33-27(21)25(28(32)34-29)19-10-6-5-9-17(19)2/h4-12,15,18H,1,13-14,16H2,2-3H3,(H2,32,34)/t18-/m0/s1. The predicted octanol–water partition coefficient (Wildman–Crippen LogP) is 5.87. The van der Waals surface area contributed by atoms with Crippen molar-refractivity contribution in [1.29, 1.82) is 0 Å². The van der Waals surface area contributed by atoms with Crippen molar-refractivity contribution in [3.8, 4) is 22.4 Å². The first kappa shape index (κ1) is 24.7. The number of benzene rings is 2. The van der Waals surface area contributed by atoms with Crippen LogP contribution in [0.2, 0.25) is 5.02 Å². The Kier molecular flexibility index (Phi) is 6.56. The maximum atomic E-state index is 14.8. The van der Waals surface area contributed by atoms with Gasteiger partial charge in [-0.05, 0) is 49.2 Å². The maximum absolute atomic E-state index is 14.8. The first-order valence-corrected chi connectivity index (χ1v) is 12.5. The second kappa shape index (κ2) is 9.82. The van der Waals surface area contributed by atoms with Gasteiger partial charge in [-0.3, -0.25) is 4.79 Å². The molecule has 0 radical (unpaired) electrons. The Hall–Kier alpha value is -3.97. The number of nitrogens with two attached hydrogens (primary N) is 1. The van der Waals surface area contributed by atoms with Crippen LogP contribution in [-0.2, 0) is 4.79 Å². The summed E-state index contributed by atoms with van der Waals surface area (Å²) in [6, 6.07) is 16.1. The molecule has 0 aliphatic carbocycles. The van der Waals surface area contributed by atoms with Crippen molar-refractivity contribution in [2.45, 2.75) is 19.9 Å². The van der Waals surface area contributed by atoms with E-state index in [1.54, 1.807) is 29.2 Å². The zero-order valence-electron chi connectivity index (χ0n) is 20.7. The van der Waals surface area contributed by atoms with Crippen LogP contribution < -0.4 is 10.6 Å². The largest absolute Gasteiger partial charge is 0.383 e. The van der Waals surface area contributed by atoms with Gasteiger partial charge in [0.15, 0.2) is 0 Å². The van der Waals surface area contributed by atoms with Crippen LogP contribution in [0.15, 0.2) is 67.3 Å². The highest BCUT2D eigenvalue weighted by molar-refractivity contribution is 6.34. The number of nitrogen functional groups attached to an aromatic ring is 1. The normalized spacial score (nSPS) is 15.7. The Morgan fingerprint density at radius 2 is 1.84 bits per heavy atom. The van der Waals surface area contributed by atoms with E-state index in [0.29, 0.717) is 64.0 Å². The minimum atomic E-state index is -0.410. The van der Waals surface area contributed by atoms with Gasteiger partial charge >= 0.3 is 0 Å². The lowest BCUT2D eigenvalue weighted by Crippen LogP contribution is -2.53. The molecule has 0 spiro atoms. The average molecular weight is 516 g/mol. The molecule has 4 aromatic rings. The minimum Gasteiger partial charge on any atom is -0.383 e. The first-order valence-electron chi connectivity index (χ1n) is 12.1. The van der Waals surface area contributed by atoms with Crippen LogP contribution in [0.25, 0.3) is 33.3 Å². The van der Waals surface area contributed by atoms with Crippen LogP contribution in [0.5, 0.6) is 0 Å². The number of pyridine rings is 2. The Balaban J connectivity index is 1.75. The van der Waals surface area contributed by atoms with E-state index in [2.05, 4.69) is 11.5 Å². The number of hydrogen-bond acceptors (Lipinski definition) is 5. The molecule has 37 heavy (non-hydrogen) atoms. The number of hydrogen-bond donors (Lipinski definition) is 1. The lowest BCUT2D eigenvalue weighted by molar-refractivity contribution is -0.126. The summed E-state index contributed by atoms with van der Waals surface area (Å²) in [6.07, 6.45) is 1.33. The zero-order valence-corrected chi connectivity index (χ0v) is 21.5. The van der Waals surface area contributed by atoms with Crippen molar-refractivity contribution in [2.24, 2.45) is 0 Å². The van der Waals surface area contributed by atoms with Gasteiger partial charge in [-0.1, -0.05) is 54.6 Å². The highest BCUT2D eigenvalue weighted by Crippen LogP contribution is 2.42. The second-order valence-electron chi connectivity index (χ2n) is 9.24. The minimum absolute atomic E-state index is 0.0397. The van der Waals surface area contributed by atoms with Crippen LogP contribution in [-0.4, -0.2) is 46.5 Å². The van der Waals surface area contributed by atoms with Crippen molar-refractivity contribution in [1.82, 2.24) is 14.9 Å². The summed E-state index contributed by atoms with van der Waals surface area (Å²) >= 11 is 6.74. The van der Waals surface area contributed by atoms with Gasteiger partial charge in [-0.15, -0.1) is 0 Å². The molecular weight excluding hydrogens is 489 g/mol. The van der Waals surface area contributed by atoms with Crippen LogP contribution in [0.4, 0.5) is 16.0 Å². The fourth-order valence-corrected chi connectivity index (χ4v) is 5.24. The number of rotatable bonds is 4.